The summed E-state index contributed by atoms with van der Waals surface area (Å²) < 4.78 is 0. The van der Waals surface area contributed by atoms with E-state index in [1.807, 2.05) is 24.0 Å². The molecular formula is C20H21N3OS2. The molecule has 1 amide bonds. The summed E-state index contributed by atoms with van der Waals surface area (Å²) in [5.74, 6) is 0.153. The molecule has 134 valence electrons. The van der Waals surface area contributed by atoms with Crippen molar-refractivity contribution in [1.82, 2.24) is 9.97 Å². The highest BCUT2D eigenvalue weighted by atomic mass is 32.2. The third-order valence-corrected chi connectivity index (χ3v) is 7.00. The van der Waals surface area contributed by atoms with Crippen molar-refractivity contribution in [2.45, 2.75) is 43.4 Å². The maximum Gasteiger partial charge on any atom is 0.240 e. The van der Waals surface area contributed by atoms with Gasteiger partial charge in [-0.25, -0.2) is 9.97 Å². The second kappa shape index (κ2) is 7.37. The van der Waals surface area contributed by atoms with E-state index in [2.05, 4.69) is 35.1 Å². The van der Waals surface area contributed by atoms with E-state index in [0.717, 1.165) is 46.7 Å². The third-order valence-electron chi connectivity index (χ3n) is 4.70. The highest BCUT2D eigenvalue weighted by Gasteiger charge is 2.27. The maximum absolute atomic E-state index is 13.1. The fraction of sp³-hybridized carbons (Fsp3) is 0.350. The Hall–Kier alpha value is -1.92. The van der Waals surface area contributed by atoms with E-state index in [1.165, 1.54) is 22.2 Å². The first-order valence-electron chi connectivity index (χ1n) is 8.96. The predicted octanol–water partition coefficient (Wildman–Crippen LogP) is 4.71. The fourth-order valence-corrected chi connectivity index (χ4v) is 5.30. The molecule has 4 nitrogen and oxygen atoms in total. The van der Waals surface area contributed by atoms with Crippen LogP contribution in [0.1, 0.15) is 30.7 Å². The number of aryl methyl sites for hydroxylation is 2. The molecule has 0 radical (unpaired) electrons. The van der Waals surface area contributed by atoms with Crippen LogP contribution in [0.2, 0.25) is 0 Å². The summed E-state index contributed by atoms with van der Waals surface area (Å²) in [7, 11) is 0. The van der Waals surface area contributed by atoms with Gasteiger partial charge in [0, 0.05) is 22.5 Å². The number of para-hydroxylation sites is 1. The summed E-state index contributed by atoms with van der Waals surface area (Å²) in [6.45, 7) is 4.91. The Morgan fingerprint density at radius 3 is 3.04 bits per heavy atom. The lowest BCUT2D eigenvalue weighted by molar-refractivity contribution is -0.117. The quantitative estimate of drug-likeness (QED) is 0.483. The van der Waals surface area contributed by atoms with E-state index in [1.54, 1.807) is 17.7 Å². The van der Waals surface area contributed by atoms with Gasteiger partial charge in [0.2, 0.25) is 5.91 Å². The van der Waals surface area contributed by atoms with Crippen LogP contribution in [0.4, 0.5) is 5.69 Å². The standard InChI is InChI=1S/C20H21N3OS2/c1-3-15-11-16-18(21-12-22-19(16)26-15)25-13(2)20(24)23-10-6-8-14-7-4-5-9-17(14)23/h4-5,7,9,11-13H,3,6,8,10H2,1-2H3. The summed E-state index contributed by atoms with van der Waals surface area (Å²) in [6, 6.07) is 10.4. The van der Waals surface area contributed by atoms with Crippen molar-refractivity contribution in [1.29, 1.82) is 0 Å². The number of thiophene rings is 1. The van der Waals surface area contributed by atoms with Crippen molar-refractivity contribution in [3.63, 3.8) is 0 Å². The number of rotatable bonds is 4. The molecule has 0 saturated heterocycles. The minimum atomic E-state index is -0.191. The molecule has 0 saturated carbocycles. The number of amides is 1. The van der Waals surface area contributed by atoms with Gasteiger partial charge in [-0.2, -0.15) is 0 Å². The molecule has 0 aliphatic carbocycles. The van der Waals surface area contributed by atoms with Crippen LogP contribution in [0, 0.1) is 0 Å². The number of hydrogen-bond acceptors (Lipinski definition) is 5. The zero-order valence-electron chi connectivity index (χ0n) is 14.9. The van der Waals surface area contributed by atoms with Crippen LogP contribution in [0.15, 0.2) is 41.7 Å². The highest BCUT2D eigenvalue weighted by Crippen LogP contribution is 2.35. The summed E-state index contributed by atoms with van der Waals surface area (Å²) in [4.78, 5) is 26.2. The summed E-state index contributed by atoms with van der Waals surface area (Å²) in [5, 5.41) is 1.78. The Morgan fingerprint density at radius 2 is 2.19 bits per heavy atom. The Labute approximate surface area is 161 Å². The molecular weight excluding hydrogens is 362 g/mol. The lowest BCUT2D eigenvalue weighted by Crippen LogP contribution is -2.40. The van der Waals surface area contributed by atoms with E-state index in [-0.39, 0.29) is 11.2 Å². The molecule has 0 N–H and O–H groups in total. The van der Waals surface area contributed by atoms with Gasteiger partial charge < -0.3 is 4.90 Å². The van der Waals surface area contributed by atoms with Crippen LogP contribution >= 0.6 is 23.1 Å². The Morgan fingerprint density at radius 1 is 1.35 bits per heavy atom. The second-order valence-electron chi connectivity index (χ2n) is 6.45. The summed E-state index contributed by atoms with van der Waals surface area (Å²) in [5.41, 5.74) is 2.33. The zero-order valence-corrected chi connectivity index (χ0v) is 16.6. The van der Waals surface area contributed by atoms with E-state index < -0.39 is 0 Å². The van der Waals surface area contributed by atoms with Crippen molar-refractivity contribution in [3.05, 3.63) is 47.1 Å². The molecule has 1 aromatic carbocycles. The van der Waals surface area contributed by atoms with Crippen LogP contribution < -0.4 is 4.90 Å². The molecule has 0 spiro atoms. The fourth-order valence-electron chi connectivity index (χ4n) is 3.35. The van der Waals surface area contributed by atoms with Crippen LogP contribution in [-0.4, -0.2) is 27.7 Å². The average Bonchev–Trinajstić information content (AvgIpc) is 3.11. The normalized spacial score (nSPS) is 15.1. The zero-order chi connectivity index (χ0) is 18.1. The molecule has 1 aliphatic rings. The lowest BCUT2D eigenvalue weighted by Gasteiger charge is -2.31. The molecule has 3 aromatic rings. The van der Waals surface area contributed by atoms with Gasteiger partial charge in [-0.15, -0.1) is 11.3 Å². The average molecular weight is 384 g/mol. The molecule has 0 bridgehead atoms. The van der Waals surface area contributed by atoms with Crippen molar-refractivity contribution < 1.29 is 4.79 Å². The molecule has 6 heteroatoms. The van der Waals surface area contributed by atoms with Gasteiger partial charge in [0.25, 0.3) is 0 Å². The first-order chi connectivity index (χ1) is 12.7. The number of carbonyl (C=O) groups is 1. The van der Waals surface area contributed by atoms with Gasteiger partial charge in [-0.3, -0.25) is 4.79 Å². The number of carbonyl (C=O) groups excluding carboxylic acids is 1. The number of aromatic nitrogens is 2. The maximum atomic E-state index is 13.1. The topological polar surface area (TPSA) is 46.1 Å². The number of hydrogen-bond donors (Lipinski definition) is 0. The van der Waals surface area contributed by atoms with Gasteiger partial charge >= 0.3 is 0 Å². The SMILES string of the molecule is CCc1cc2c(SC(C)C(=O)N3CCCc4ccccc43)ncnc2s1. The molecule has 2 aromatic heterocycles. The molecule has 1 unspecified atom stereocenters. The van der Waals surface area contributed by atoms with Gasteiger partial charge in [-0.05, 0) is 43.9 Å². The van der Waals surface area contributed by atoms with Gasteiger partial charge in [0.1, 0.15) is 16.2 Å². The Kier molecular flexibility index (Phi) is 4.96. The van der Waals surface area contributed by atoms with Crippen LogP contribution in [0.3, 0.4) is 0 Å². The number of anilines is 1. The third kappa shape index (κ3) is 3.23. The minimum Gasteiger partial charge on any atom is -0.311 e. The van der Waals surface area contributed by atoms with E-state index in [0.29, 0.717) is 0 Å². The van der Waals surface area contributed by atoms with Gasteiger partial charge in [0.15, 0.2) is 0 Å². The first-order valence-corrected chi connectivity index (χ1v) is 10.7. The predicted molar refractivity (Wildman–Crippen MR) is 109 cm³/mol. The Balaban J connectivity index is 1.58. The van der Waals surface area contributed by atoms with Crippen LogP contribution in [-0.2, 0) is 17.6 Å². The Bertz CT molecular complexity index is 953. The van der Waals surface area contributed by atoms with Gasteiger partial charge in [0.05, 0.1) is 5.25 Å². The second-order valence-corrected chi connectivity index (χ2v) is 8.89. The van der Waals surface area contributed by atoms with Crippen LogP contribution in [0.5, 0.6) is 0 Å². The van der Waals surface area contributed by atoms with Crippen molar-refractivity contribution in [2.75, 3.05) is 11.4 Å². The molecule has 1 aliphatic heterocycles. The number of nitrogens with zero attached hydrogens (tertiary/aromatic N) is 3. The molecule has 0 fully saturated rings. The summed E-state index contributed by atoms with van der Waals surface area (Å²) >= 11 is 3.24. The minimum absolute atomic E-state index is 0.153. The largest absolute Gasteiger partial charge is 0.311 e. The molecule has 26 heavy (non-hydrogen) atoms. The number of fused-ring (bicyclic) bond motifs is 2. The van der Waals surface area contributed by atoms with Gasteiger partial charge in [-0.1, -0.05) is 36.9 Å². The smallest absolute Gasteiger partial charge is 0.240 e. The van der Waals surface area contributed by atoms with Crippen molar-refractivity contribution in [3.8, 4) is 0 Å². The van der Waals surface area contributed by atoms with E-state index in [9.17, 15) is 4.79 Å². The van der Waals surface area contributed by atoms with E-state index in [4.69, 9.17) is 0 Å². The highest BCUT2D eigenvalue weighted by molar-refractivity contribution is 8.00. The summed E-state index contributed by atoms with van der Waals surface area (Å²) in [6.07, 6.45) is 4.66. The first kappa shape index (κ1) is 17.5. The van der Waals surface area contributed by atoms with Crippen molar-refractivity contribution in [2.24, 2.45) is 0 Å². The lowest BCUT2D eigenvalue weighted by atomic mass is 10.0. The molecule has 3 heterocycles. The van der Waals surface area contributed by atoms with Crippen molar-refractivity contribution >= 4 is 44.9 Å². The monoisotopic (exact) mass is 383 g/mol. The number of thioether (sulfide) groups is 1. The molecule has 4 rings (SSSR count). The molecule has 1 atom stereocenters. The van der Waals surface area contributed by atoms with Crippen LogP contribution in [0.25, 0.3) is 10.2 Å². The number of benzene rings is 1. The van der Waals surface area contributed by atoms with E-state index >= 15 is 0 Å².